The lowest BCUT2D eigenvalue weighted by atomic mass is 9.69. The van der Waals surface area contributed by atoms with Gasteiger partial charge in [-0.3, -0.25) is 9.79 Å². The summed E-state index contributed by atoms with van der Waals surface area (Å²) in [6.45, 7) is 2.24. The van der Waals surface area contributed by atoms with Crippen molar-refractivity contribution >= 4 is 33.4 Å². The number of aliphatic imine (C=N–C) groups is 1. The smallest absolute Gasteiger partial charge is 0.337 e. The van der Waals surface area contributed by atoms with E-state index in [4.69, 9.17) is 4.74 Å². The molecule has 118 valence electrons. The molecule has 0 aromatic heterocycles. The molecule has 0 amide bonds. The van der Waals surface area contributed by atoms with Crippen molar-refractivity contribution in [2.45, 2.75) is 32.1 Å². The molecule has 0 N–H and O–H groups in total. The van der Waals surface area contributed by atoms with E-state index in [1.54, 1.807) is 0 Å². The van der Waals surface area contributed by atoms with Crippen molar-refractivity contribution in [3.63, 3.8) is 0 Å². The number of carbonyl (C=O) groups excluding carboxylic acids is 2. The maximum Gasteiger partial charge on any atom is 0.337 e. The molecular formula is C18H16BrNO3. The molecule has 0 bridgehead atoms. The Labute approximate surface area is 142 Å². The number of hydrogen-bond donors (Lipinski definition) is 0. The molecule has 2 unspecified atom stereocenters. The van der Waals surface area contributed by atoms with Crippen LogP contribution in [0.5, 0.6) is 0 Å². The van der Waals surface area contributed by atoms with Crippen LogP contribution in [-0.2, 0) is 14.3 Å². The topological polar surface area (TPSA) is 55.7 Å². The van der Waals surface area contributed by atoms with Crippen LogP contribution in [0.25, 0.3) is 0 Å². The van der Waals surface area contributed by atoms with E-state index in [2.05, 4.69) is 27.0 Å². The number of nitrogens with zero attached hydrogens (tertiary/aromatic N) is 1. The van der Waals surface area contributed by atoms with Crippen molar-refractivity contribution in [3.8, 4) is 0 Å². The standard InChI is InChI=1S/C18H16BrNO3/c1-9-7-10(5-6-11(9)19)15-16-12(3-2-4-14(16)21)20-13-8-23-18(22)17(13)15/h5-7,15-16H,2-4,8H2,1H3. The van der Waals surface area contributed by atoms with E-state index in [1.165, 1.54) is 0 Å². The van der Waals surface area contributed by atoms with Gasteiger partial charge in [0.25, 0.3) is 0 Å². The highest BCUT2D eigenvalue weighted by Crippen LogP contribution is 2.45. The Morgan fingerprint density at radius 3 is 2.83 bits per heavy atom. The molecule has 2 atom stereocenters. The number of rotatable bonds is 1. The highest BCUT2D eigenvalue weighted by Gasteiger charge is 2.46. The normalized spacial score (nSPS) is 26.6. The molecule has 0 saturated heterocycles. The number of hydrogen-bond acceptors (Lipinski definition) is 4. The van der Waals surface area contributed by atoms with E-state index in [0.29, 0.717) is 17.7 Å². The van der Waals surface area contributed by atoms with E-state index in [1.807, 2.05) is 19.1 Å². The SMILES string of the molecule is Cc1cc(C2C3=C(COC3=O)N=C3CCCC(=O)C32)ccc1Br. The van der Waals surface area contributed by atoms with Crippen LogP contribution in [-0.4, -0.2) is 24.1 Å². The predicted molar refractivity (Wildman–Crippen MR) is 89.4 cm³/mol. The molecule has 1 saturated carbocycles. The Morgan fingerprint density at radius 1 is 1.22 bits per heavy atom. The first kappa shape index (κ1) is 14.8. The zero-order valence-corrected chi connectivity index (χ0v) is 14.4. The molecule has 0 radical (unpaired) electrons. The number of fused-ring (bicyclic) bond motifs is 1. The Morgan fingerprint density at radius 2 is 2.04 bits per heavy atom. The Kier molecular flexibility index (Phi) is 3.48. The van der Waals surface area contributed by atoms with Gasteiger partial charge in [-0.2, -0.15) is 0 Å². The Bertz CT molecular complexity index is 793. The van der Waals surface area contributed by atoms with Gasteiger partial charge < -0.3 is 4.74 Å². The van der Waals surface area contributed by atoms with E-state index in [0.717, 1.165) is 34.2 Å². The van der Waals surface area contributed by atoms with Crippen molar-refractivity contribution in [1.29, 1.82) is 0 Å². The first-order valence-corrected chi connectivity index (χ1v) is 8.62. The fourth-order valence-electron chi connectivity index (χ4n) is 3.81. The second-order valence-electron chi connectivity index (χ2n) is 6.32. The number of halogens is 1. The molecule has 1 aromatic rings. The molecule has 1 aromatic carbocycles. The molecular weight excluding hydrogens is 358 g/mol. The van der Waals surface area contributed by atoms with Crippen LogP contribution in [0.3, 0.4) is 0 Å². The van der Waals surface area contributed by atoms with E-state index >= 15 is 0 Å². The largest absolute Gasteiger partial charge is 0.456 e. The number of Topliss-reactive ketones (excluding diaryl/α,β-unsaturated/α-hetero) is 1. The van der Waals surface area contributed by atoms with Crippen LogP contribution in [0.2, 0.25) is 0 Å². The maximum atomic E-state index is 12.6. The minimum atomic E-state index is -0.327. The molecule has 0 spiro atoms. The minimum absolute atomic E-state index is 0.187. The van der Waals surface area contributed by atoms with Gasteiger partial charge in [0.1, 0.15) is 12.4 Å². The molecule has 2 aliphatic heterocycles. The summed E-state index contributed by atoms with van der Waals surface area (Å²) in [4.78, 5) is 29.5. The number of esters is 1. The van der Waals surface area contributed by atoms with Gasteiger partial charge in [-0.25, -0.2) is 4.79 Å². The minimum Gasteiger partial charge on any atom is -0.456 e. The molecule has 5 heteroatoms. The quantitative estimate of drug-likeness (QED) is 0.708. The Hall–Kier alpha value is -1.75. The number of carbonyl (C=O) groups is 2. The van der Waals surface area contributed by atoms with Gasteiger partial charge in [0.2, 0.25) is 0 Å². The summed E-state index contributed by atoms with van der Waals surface area (Å²) < 4.78 is 6.22. The number of benzene rings is 1. The monoisotopic (exact) mass is 373 g/mol. The molecule has 4 rings (SSSR count). The lowest BCUT2D eigenvalue weighted by Gasteiger charge is -2.34. The third-order valence-corrected chi connectivity index (χ3v) is 5.79. The van der Waals surface area contributed by atoms with E-state index in [-0.39, 0.29) is 30.2 Å². The second-order valence-corrected chi connectivity index (χ2v) is 7.18. The summed E-state index contributed by atoms with van der Waals surface area (Å²) in [5, 5.41) is 0. The van der Waals surface area contributed by atoms with Crippen molar-refractivity contribution < 1.29 is 14.3 Å². The van der Waals surface area contributed by atoms with E-state index < -0.39 is 0 Å². The lowest BCUT2D eigenvalue weighted by molar-refractivity contribution is -0.136. The van der Waals surface area contributed by atoms with Gasteiger partial charge >= 0.3 is 5.97 Å². The zero-order valence-electron chi connectivity index (χ0n) is 12.8. The van der Waals surface area contributed by atoms with Crippen LogP contribution >= 0.6 is 15.9 Å². The number of ketones is 1. The number of aryl methyl sites for hydroxylation is 1. The van der Waals surface area contributed by atoms with Crippen molar-refractivity contribution in [2.75, 3.05) is 6.61 Å². The third-order valence-electron chi connectivity index (χ3n) is 4.90. The number of ether oxygens (including phenoxy) is 1. The molecule has 3 aliphatic rings. The fraction of sp³-hybridized carbons (Fsp3) is 0.389. The predicted octanol–water partition coefficient (Wildman–Crippen LogP) is 3.48. The van der Waals surface area contributed by atoms with Gasteiger partial charge in [-0.1, -0.05) is 28.1 Å². The van der Waals surface area contributed by atoms with Crippen LogP contribution in [0.15, 0.2) is 38.9 Å². The van der Waals surface area contributed by atoms with Crippen LogP contribution < -0.4 is 0 Å². The van der Waals surface area contributed by atoms with E-state index in [9.17, 15) is 9.59 Å². The molecule has 2 heterocycles. The fourth-order valence-corrected chi connectivity index (χ4v) is 4.06. The third kappa shape index (κ3) is 2.29. The van der Waals surface area contributed by atoms with Crippen LogP contribution in [0, 0.1) is 12.8 Å². The van der Waals surface area contributed by atoms with Gasteiger partial charge in [0, 0.05) is 22.5 Å². The van der Waals surface area contributed by atoms with Gasteiger partial charge in [0.05, 0.1) is 17.2 Å². The number of cyclic esters (lactones) is 1. The second kappa shape index (κ2) is 5.41. The van der Waals surface area contributed by atoms with Crippen LogP contribution in [0.4, 0.5) is 0 Å². The van der Waals surface area contributed by atoms with Gasteiger partial charge in [-0.15, -0.1) is 0 Å². The Balaban J connectivity index is 1.89. The first-order chi connectivity index (χ1) is 11.1. The molecule has 23 heavy (non-hydrogen) atoms. The average Bonchev–Trinajstić information content (AvgIpc) is 2.90. The summed E-state index contributed by atoms with van der Waals surface area (Å²) >= 11 is 3.51. The van der Waals surface area contributed by atoms with Crippen molar-refractivity contribution in [1.82, 2.24) is 0 Å². The van der Waals surface area contributed by atoms with Crippen molar-refractivity contribution in [3.05, 3.63) is 45.1 Å². The summed E-state index contributed by atoms with van der Waals surface area (Å²) in [6.07, 6.45) is 2.23. The molecule has 4 nitrogen and oxygen atoms in total. The highest BCUT2D eigenvalue weighted by atomic mass is 79.9. The summed E-state index contributed by atoms with van der Waals surface area (Å²) in [6, 6.07) is 6.02. The summed E-state index contributed by atoms with van der Waals surface area (Å²) in [5.41, 5.74) is 4.29. The summed E-state index contributed by atoms with van der Waals surface area (Å²) in [5.74, 6) is -0.709. The van der Waals surface area contributed by atoms with Gasteiger partial charge in [-0.05, 0) is 37.0 Å². The lowest BCUT2D eigenvalue weighted by Crippen LogP contribution is -2.38. The molecule has 1 aliphatic carbocycles. The highest BCUT2D eigenvalue weighted by molar-refractivity contribution is 9.10. The first-order valence-electron chi connectivity index (χ1n) is 7.82. The van der Waals surface area contributed by atoms with Gasteiger partial charge in [0.15, 0.2) is 0 Å². The summed E-state index contributed by atoms with van der Waals surface area (Å²) in [7, 11) is 0. The van der Waals surface area contributed by atoms with Crippen molar-refractivity contribution in [2.24, 2.45) is 10.9 Å². The average molecular weight is 374 g/mol. The zero-order chi connectivity index (χ0) is 16.1. The molecule has 1 fully saturated rings. The van der Waals surface area contributed by atoms with Crippen LogP contribution in [0.1, 0.15) is 36.3 Å². The maximum absolute atomic E-state index is 12.6.